The number of nitrogens with two attached hydrogens (primary N) is 1. The van der Waals surface area contributed by atoms with E-state index in [-0.39, 0.29) is 23.3 Å². The summed E-state index contributed by atoms with van der Waals surface area (Å²) >= 11 is 0. The molecule has 7 heteroatoms. The predicted molar refractivity (Wildman–Crippen MR) is 75.1 cm³/mol. The van der Waals surface area contributed by atoms with Crippen molar-refractivity contribution >= 4 is 17.8 Å². The van der Waals surface area contributed by atoms with Gasteiger partial charge in [-0.1, -0.05) is 0 Å². The fourth-order valence-electron chi connectivity index (χ4n) is 3.30. The van der Waals surface area contributed by atoms with Gasteiger partial charge in [0.05, 0.1) is 7.11 Å². The number of carbonyl (C=O) groups is 3. The van der Waals surface area contributed by atoms with Gasteiger partial charge in [0, 0.05) is 31.5 Å². The molecule has 2 amide bonds. The van der Waals surface area contributed by atoms with Crippen LogP contribution in [0.1, 0.15) is 32.6 Å². The normalized spacial score (nSPS) is 25.6. The van der Waals surface area contributed by atoms with Gasteiger partial charge >= 0.3 is 5.97 Å². The van der Waals surface area contributed by atoms with Crippen LogP contribution in [0.4, 0.5) is 0 Å². The van der Waals surface area contributed by atoms with Gasteiger partial charge in [0.25, 0.3) is 0 Å². The lowest BCUT2D eigenvalue weighted by Gasteiger charge is -2.39. The van der Waals surface area contributed by atoms with E-state index in [9.17, 15) is 14.4 Å². The Labute approximate surface area is 124 Å². The Bertz CT molecular complexity index is 444. The lowest BCUT2D eigenvalue weighted by molar-refractivity contribution is -0.142. The van der Waals surface area contributed by atoms with Gasteiger partial charge in [-0.05, 0) is 25.7 Å². The quantitative estimate of drug-likeness (QED) is 0.677. The number of nitrogens with zero attached hydrogens (tertiary/aromatic N) is 1. The third-order valence-electron chi connectivity index (χ3n) is 4.60. The highest BCUT2D eigenvalue weighted by atomic mass is 16.5. The van der Waals surface area contributed by atoms with Gasteiger partial charge in [0.15, 0.2) is 0 Å². The van der Waals surface area contributed by atoms with E-state index in [1.165, 1.54) is 7.11 Å². The van der Waals surface area contributed by atoms with Crippen LogP contribution in [0.2, 0.25) is 0 Å². The van der Waals surface area contributed by atoms with Crippen LogP contribution in [0.25, 0.3) is 0 Å². The Morgan fingerprint density at radius 2 is 2.10 bits per heavy atom. The van der Waals surface area contributed by atoms with Crippen molar-refractivity contribution in [1.82, 2.24) is 10.2 Å². The Hall–Kier alpha value is -1.63. The van der Waals surface area contributed by atoms with Crippen molar-refractivity contribution in [3.05, 3.63) is 0 Å². The largest absolute Gasteiger partial charge is 0.468 e. The van der Waals surface area contributed by atoms with Crippen molar-refractivity contribution in [3.8, 4) is 0 Å². The zero-order valence-electron chi connectivity index (χ0n) is 12.6. The van der Waals surface area contributed by atoms with Crippen molar-refractivity contribution in [2.75, 3.05) is 20.2 Å². The number of nitrogens with one attached hydrogen (secondary N) is 1. The summed E-state index contributed by atoms with van der Waals surface area (Å²) in [6.45, 7) is 2.88. The molecule has 0 aromatic carbocycles. The first-order chi connectivity index (χ1) is 9.87. The first-order valence-corrected chi connectivity index (χ1v) is 7.28. The highest BCUT2D eigenvalue weighted by Gasteiger charge is 2.46. The van der Waals surface area contributed by atoms with Crippen LogP contribution >= 0.6 is 0 Å². The molecule has 2 aliphatic rings. The molecule has 7 nitrogen and oxygen atoms in total. The highest BCUT2D eigenvalue weighted by molar-refractivity contribution is 5.84. The van der Waals surface area contributed by atoms with Crippen LogP contribution in [0.3, 0.4) is 0 Å². The number of amides is 2. The Morgan fingerprint density at radius 1 is 1.48 bits per heavy atom. The summed E-state index contributed by atoms with van der Waals surface area (Å²) in [7, 11) is 1.29. The fraction of sp³-hybridized carbons (Fsp3) is 0.786. The molecule has 2 fully saturated rings. The van der Waals surface area contributed by atoms with Gasteiger partial charge in [0.2, 0.25) is 11.8 Å². The lowest BCUT2D eigenvalue weighted by atomic mass is 9.82. The first kappa shape index (κ1) is 15.8. The molecule has 118 valence electrons. The minimum atomic E-state index is -0.766. The zero-order valence-corrected chi connectivity index (χ0v) is 12.6. The predicted octanol–water partition coefficient (Wildman–Crippen LogP) is -0.606. The SMILES string of the molecule is COC(=O)C(N)CC1CC2(CCN(C(C)=O)CC2)NC1=O. The van der Waals surface area contributed by atoms with Crippen LogP contribution in [0.5, 0.6) is 0 Å². The molecule has 2 aliphatic heterocycles. The number of methoxy groups -OCH3 is 1. The van der Waals surface area contributed by atoms with Gasteiger partial charge < -0.3 is 20.7 Å². The monoisotopic (exact) mass is 297 g/mol. The van der Waals surface area contributed by atoms with Gasteiger partial charge in [-0.2, -0.15) is 0 Å². The van der Waals surface area contributed by atoms with Crippen LogP contribution in [-0.4, -0.2) is 54.5 Å². The van der Waals surface area contributed by atoms with E-state index in [4.69, 9.17) is 5.73 Å². The van der Waals surface area contributed by atoms with E-state index in [1.54, 1.807) is 11.8 Å². The van der Waals surface area contributed by atoms with E-state index >= 15 is 0 Å². The standard InChI is InChI=1S/C14H23N3O4/c1-9(18)17-5-3-14(4-6-17)8-10(12(19)16-14)7-11(15)13(20)21-2/h10-11H,3-8,15H2,1-2H3,(H,16,19). The average molecular weight is 297 g/mol. The molecule has 0 aromatic rings. The Balaban J connectivity index is 1.94. The summed E-state index contributed by atoms with van der Waals surface area (Å²) in [6.07, 6.45) is 2.48. The van der Waals surface area contributed by atoms with Crippen molar-refractivity contribution in [2.45, 2.75) is 44.2 Å². The van der Waals surface area contributed by atoms with Crippen LogP contribution in [0, 0.1) is 5.92 Å². The summed E-state index contributed by atoms with van der Waals surface area (Å²) in [5, 5.41) is 3.06. The summed E-state index contributed by atoms with van der Waals surface area (Å²) in [6, 6.07) is -0.766. The smallest absolute Gasteiger partial charge is 0.322 e. The third kappa shape index (κ3) is 3.34. The Morgan fingerprint density at radius 3 is 2.62 bits per heavy atom. The molecular weight excluding hydrogens is 274 g/mol. The molecule has 2 heterocycles. The van der Waals surface area contributed by atoms with Crippen LogP contribution in [0.15, 0.2) is 0 Å². The minimum absolute atomic E-state index is 0.0503. The van der Waals surface area contributed by atoms with E-state index in [1.807, 2.05) is 0 Å². The number of esters is 1. The molecule has 0 aromatic heterocycles. The lowest BCUT2D eigenvalue weighted by Crippen LogP contribution is -2.51. The molecule has 3 N–H and O–H groups in total. The Kier molecular flexibility index (Phi) is 4.51. The molecule has 2 saturated heterocycles. The molecule has 21 heavy (non-hydrogen) atoms. The van der Waals surface area contributed by atoms with Crippen molar-refractivity contribution < 1.29 is 19.1 Å². The third-order valence-corrected chi connectivity index (χ3v) is 4.60. The number of rotatable bonds is 3. The van der Waals surface area contributed by atoms with E-state index in [0.29, 0.717) is 25.9 Å². The van der Waals surface area contributed by atoms with E-state index in [2.05, 4.69) is 10.1 Å². The first-order valence-electron chi connectivity index (χ1n) is 7.28. The molecule has 2 rings (SSSR count). The number of carbonyl (C=O) groups excluding carboxylic acids is 3. The van der Waals surface area contributed by atoms with Crippen LogP contribution in [-0.2, 0) is 19.1 Å². The van der Waals surface area contributed by atoms with Crippen molar-refractivity contribution in [2.24, 2.45) is 11.7 Å². The maximum absolute atomic E-state index is 12.1. The molecule has 1 spiro atoms. The minimum Gasteiger partial charge on any atom is -0.468 e. The van der Waals surface area contributed by atoms with Crippen LogP contribution < -0.4 is 11.1 Å². The molecule has 0 saturated carbocycles. The number of likely N-dealkylation sites (tertiary alicyclic amines) is 1. The molecule has 0 radical (unpaired) electrons. The average Bonchev–Trinajstić information content (AvgIpc) is 2.74. The molecule has 0 aliphatic carbocycles. The van der Waals surface area contributed by atoms with Gasteiger partial charge in [-0.3, -0.25) is 14.4 Å². The second-order valence-corrected chi connectivity index (χ2v) is 6.04. The molecule has 0 bridgehead atoms. The van der Waals surface area contributed by atoms with E-state index < -0.39 is 12.0 Å². The highest BCUT2D eigenvalue weighted by Crippen LogP contribution is 2.36. The van der Waals surface area contributed by atoms with Crippen molar-refractivity contribution in [3.63, 3.8) is 0 Å². The summed E-state index contributed by atoms with van der Waals surface area (Å²) in [5.41, 5.74) is 5.50. The topological polar surface area (TPSA) is 102 Å². The summed E-state index contributed by atoms with van der Waals surface area (Å²) < 4.78 is 4.60. The van der Waals surface area contributed by atoms with Gasteiger partial charge in [-0.15, -0.1) is 0 Å². The van der Waals surface area contributed by atoms with Gasteiger partial charge in [-0.25, -0.2) is 0 Å². The number of hydrogen-bond donors (Lipinski definition) is 2. The fourth-order valence-corrected chi connectivity index (χ4v) is 3.30. The molecule has 2 atom stereocenters. The van der Waals surface area contributed by atoms with Crippen molar-refractivity contribution in [1.29, 1.82) is 0 Å². The molecular formula is C14H23N3O4. The summed E-state index contributed by atoms with van der Waals surface area (Å²) in [4.78, 5) is 36.6. The number of ether oxygens (including phenoxy) is 1. The molecule has 2 unspecified atom stereocenters. The summed E-state index contributed by atoms with van der Waals surface area (Å²) in [5.74, 6) is -0.734. The zero-order chi connectivity index (χ0) is 15.6. The number of hydrogen-bond acceptors (Lipinski definition) is 5. The van der Waals surface area contributed by atoms with E-state index in [0.717, 1.165) is 12.8 Å². The number of piperidine rings is 1. The maximum Gasteiger partial charge on any atom is 0.322 e. The van der Waals surface area contributed by atoms with Gasteiger partial charge in [0.1, 0.15) is 6.04 Å². The maximum atomic E-state index is 12.1. The second kappa shape index (κ2) is 6.01. The second-order valence-electron chi connectivity index (χ2n) is 6.04.